The summed E-state index contributed by atoms with van der Waals surface area (Å²) in [6.07, 6.45) is 2.66. The minimum absolute atomic E-state index is 0.0266. The quantitative estimate of drug-likeness (QED) is 0.880. The molecule has 0 aromatic heterocycles. The van der Waals surface area contributed by atoms with E-state index >= 15 is 0 Å². The van der Waals surface area contributed by atoms with Crippen LogP contribution in [0.5, 0.6) is 0 Å². The maximum absolute atomic E-state index is 12.2. The van der Waals surface area contributed by atoms with Crippen LogP contribution >= 0.6 is 23.2 Å². The molecule has 0 bridgehead atoms. The maximum atomic E-state index is 12.2. The zero-order valence-corrected chi connectivity index (χ0v) is 13.6. The third-order valence-electron chi connectivity index (χ3n) is 4.16. The number of carbonyl (C=O) groups is 1. The van der Waals surface area contributed by atoms with Crippen molar-refractivity contribution < 1.29 is 4.79 Å². The molecule has 2 unspecified atom stereocenters. The Labute approximate surface area is 130 Å². The Kier molecular flexibility index (Phi) is 4.82. The Hall–Kier alpha value is -0.930. The van der Waals surface area contributed by atoms with Gasteiger partial charge in [-0.1, -0.05) is 36.2 Å². The van der Waals surface area contributed by atoms with Gasteiger partial charge in [0.15, 0.2) is 0 Å². The molecule has 1 aliphatic rings. The summed E-state index contributed by atoms with van der Waals surface area (Å²) in [7, 11) is 1.83. The highest BCUT2D eigenvalue weighted by atomic mass is 35.5. The Morgan fingerprint density at radius 2 is 2.20 bits per heavy atom. The highest BCUT2D eigenvalue weighted by molar-refractivity contribution is 6.42. The molecule has 0 aliphatic heterocycles. The van der Waals surface area contributed by atoms with E-state index in [2.05, 4.69) is 12.2 Å². The summed E-state index contributed by atoms with van der Waals surface area (Å²) < 4.78 is 0. The average molecular weight is 315 g/mol. The first-order chi connectivity index (χ1) is 9.45. The van der Waals surface area contributed by atoms with Crippen LogP contribution in [0.2, 0.25) is 10.0 Å². The van der Waals surface area contributed by atoms with Gasteiger partial charge in [-0.3, -0.25) is 0 Å². The number of nitrogens with one attached hydrogen (secondary N) is 1. The second-order valence-corrected chi connectivity index (χ2v) is 6.12. The molecule has 0 spiro atoms. The molecule has 0 fully saturated rings. The van der Waals surface area contributed by atoms with Crippen molar-refractivity contribution >= 4 is 29.2 Å². The zero-order valence-electron chi connectivity index (χ0n) is 12.0. The standard InChI is InChI=1S/C15H20Cl2N2O/c1-4-9(2)19(3)15(20)18-13-8-6-11-10(13)5-7-12(16)14(11)17/h5,7,9,13H,4,6,8H2,1-3H3,(H,18,20). The lowest BCUT2D eigenvalue weighted by Crippen LogP contribution is -2.43. The van der Waals surface area contributed by atoms with Crippen LogP contribution in [-0.4, -0.2) is 24.0 Å². The Bertz CT molecular complexity index is 519. The molecule has 5 heteroatoms. The second-order valence-electron chi connectivity index (χ2n) is 5.34. The van der Waals surface area contributed by atoms with Crippen molar-refractivity contribution in [1.82, 2.24) is 10.2 Å². The number of carbonyl (C=O) groups excluding carboxylic acids is 1. The van der Waals surface area contributed by atoms with Gasteiger partial charge < -0.3 is 10.2 Å². The Balaban J connectivity index is 2.12. The third kappa shape index (κ3) is 2.89. The highest BCUT2D eigenvalue weighted by Gasteiger charge is 2.28. The largest absolute Gasteiger partial charge is 0.331 e. The monoisotopic (exact) mass is 314 g/mol. The SMILES string of the molecule is CCC(C)N(C)C(=O)NC1CCc2c1ccc(Cl)c2Cl. The molecular weight excluding hydrogens is 295 g/mol. The van der Waals surface area contributed by atoms with Gasteiger partial charge in [0.25, 0.3) is 0 Å². The molecule has 0 saturated carbocycles. The second kappa shape index (κ2) is 6.23. The number of hydrogen-bond acceptors (Lipinski definition) is 1. The average Bonchev–Trinajstić information content (AvgIpc) is 2.84. The first-order valence-corrected chi connectivity index (χ1v) is 7.71. The van der Waals surface area contributed by atoms with Crippen LogP contribution in [0.25, 0.3) is 0 Å². The van der Waals surface area contributed by atoms with Crippen LogP contribution < -0.4 is 5.32 Å². The van der Waals surface area contributed by atoms with Crippen molar-refractivity contribution in [3.63, 3.8) is 0 Å². The number of nitrogens with zero attached hydrogens (tertiary/aromatic N) is 1. The van der Waals surface area contributed by atoms with E-state index in [0.29, 0.717) is 10.0 Å². The smallest absolute Gasteiger partial charge is 0.317 e. The molecule has 3 nitrogen and oxygen atoms in total. The number of hydrogen-bond donors (Lipinski definition) is 1. The molecule has 110 valence electrons. The molecule has 1 aromatic rings. The van der Waals surface area contributed by atoms with E-state index in [1.165, 1.54) is 0 Å². The summed E-state index contributed by atoms with van der Waals surface area (Å²) in [6, 6.07) is 3.97. The van der Waals surface area contributed by atoms with Crippen LogP contribution in [0.1, 0.15) is 43.9 Å². The predicted octanol–water partition coefficient (Wildman–Crippen LogP) is 4.42. The molecule has 0 saturated heterocycles. The Morgan fingerprint density at radius 3 is 2.85 bits per heavy atom. The van der Waals surface area contributed by atoms with E-state index in [-0.39, 0.29) is 18.1 Å². The molecule has 20 heavy (non-hydrogen) atoms. The number of rotatable bonds is 3. The van der Waals surface area contributed by atoms with Crippen molar-refractivity contribution in [3.05, 3.63) is 33.3 Å². The topological polar surface area (TPSA) is 32.3 Å². The number of urea groups is 1. The summed E-state index contributed by atoms with van der Waals surface area (Å²) in [5, 5.41) is 4.28. The van der Waals surface area contributed by atoms with Crippen LogP contribution in [-0.2, 0) is 6.42 Å². The lowest BCUT2D eigenvalue weighted by molar-refractivity contribution is 0.188. The van der Waals surface area contributed by atoms with Gasteiger partial charge in [0, 0.05) is 13.1 Å². The molecule has 2 atom stereocenters. The minimum atomic E-state index is -0.0386. The number of fused-ring (bicyclic) bond motifs is 1. The lowest BCUT2D eigenvalue weighted by atomic mass is 10.1. The van der Waals surface area contributed by atoms with Crippen LogP contribution in [0.3, 0.4) is 0 Å². The van der Waals surface area contributed by atoms with Gasteiger partial charge in [-0.05, 0) is 43.4 Å². The third-order valence-corrected chi connectivity index (χ3v) is 5.00. The molecule has 2 amide bonds. The molecule has 1 aromatic carbocycles. The first-order valence-electron chi connectivity index (χ1n) is 6.95. The summed E-state index contributed by atoms with van der Waals surface area (Å²) in [6.45, 7) is 4.11. The van der Waals surface area contributed by atoms with Crippen LogP contribution in [0, 0.1) is 0 Å². The maximum Gasteiger partial charge on any atom is 0.317 e. The fourth-order valence-corrected chi connectivity index (χ4v) is 2.95. The summed E-state index contributed by atoms with van der Waals surface area (Å²) in [5.74, 6) is 0. The van der Waals surface area contributed by atoms with Gasteiger partial charge in [-0.25, -0.2) is 4.79 Å². The summed E-state index contributed by atoms with van der Waals surface area (Å²) in [4.78, 5) is 14.0. The van der Waals surface area contributed by atoms with E-state index in [1.807, 2.05) is 20.0 Å². The van der Waals surface area contributed by atoms with Crippen molar-refractivity contribution in [2.75, 3.05) is 7.05 Å². The normalized spacial score (nSPS) is 18.6. The fraction of sp³-hybridized carbons (Fsp3) is 0.533. The summed E-state index contributed by atoms with van der Waals surface area (Å²) in [5.41, 5.74) is 2.15. The van der Waals surface area contributed by atoms with Crippen molar-refractivity contribution in [2.24, 2.45) is 0 Å². The van der Waals surface area contributed by atoms with E-state index in [9.17, 15) is 4.79 Å². The van der Waals surface area contributed by atoms with E-state index in [4.69, 9.17) is 23.2 Å². The first kappa shape index (κ1) is 15.5. The van der Waals surface area contributed by atoms with E-state index < -0.39 is 0 Å². The number of amides is 2. The van der Waals surface area contributed by atoms with Crippen LogP contribution in [0.15, 0.2) is 12.1 Å². The van der Waals surface area contributed by atoms with Gasteiger partial charge >= 0.3 is 6.03 Å². The van der Waals surface area contributed by atoms with Gasteiger partial charge in [0.2, 0.25) is 0 Å². The zero-order chi connectivity index (χ0) is 14.9. The number of benzene rings is 1. The molecule has 1 aliphatic carbocycles. The molecule has 1 N–H and O–H groups in total. The van der Waals surface area contributed by atoms with Crippen molar-refractivity contribution in [3.8, 4) is 0 Å². The van der Waals surface area contributed by atoms with Crippen molar-refractivity contribution in [2.45, 2.75) is 45.2 Å². The number of halogens is 2. The molecule has 0 radical (unpaired) electrons. The van der Waals surface area contributed by atoms with E-state index in [0.717, 1.165) is 30.4 Å². The van der Waals surface area contributed by atoms with Gasteiger partial charge in [0.05, 0.1) is 16.1 Å². The molecular formula is C15H20Cl2N2O. The van der Waals surface area contributed by atoms with Gasteiger partial charge in [-0.15, -0.1) is 0 Å². The Morgan fingerprint density at radius 1 is 1.50 bits per heavy atom. The van der Waals surface area contributed by atoms with Crippen LogP contribution in [0.4, 0.5) is 4.79 Å². The molecule has 0 heterocycles. The predicted molar refractivity (Wildman–Crippen MR) is 83.6 cm³/mol. The fourth-order valence-electron chi connectivity index (χ4n) is 2.51. The van der Waals surface area contributed by atoms with Gasteiger partial charge in [-0.2, -0.15) is 0 Å². The highest BCUT2D eigenvalue weighted by Crippen LogP contribution is 2.39. The minimum Gasteiger partial charge on any atom is -0.331 e. The lowest BCUT2D eigenvalue weighted by Gasteiger charge is -2.26. The van der Waals surface area contributed by atoms with E-state index in [1.54, 1.807) is 11.0 Å². The molecule has 2 rings (SSSR count). The van der Waals surface area contributed by atoms with Crippen molar-refractivity contribution in [1.29, 1.82) is 0 Å². The summed E-state index contributed by atoms with van der Waals surface area (Å²) >= 11 is 12.2. The van der Waals surface area contributed by atoms with Gasteiger partial charge in [0.1, 0.15) is 0 Å².